The lowest BCUT2D eigenvalue weighted by molar-refractivity contribution is -0.139. The lowest BCUT2D eigenvalue weighted by Gasteiger charge is -1.95. The number of H-pyrrole nitrogens is 1. The molecule has 0 aromatic carbocycles. The molecule has 0 fully saturated rings. The van der Waals surface area contributed by atoms with Crippen LogP contribution in [0.4, 0.5) is 0 Å². The molecular formula is C11H12N2O2S. The number of hydrogen-bond donors (Lipinski definition) is 1. The van der Waals surface area contributed by atoms with Crippen molar-refractivity contribution in [2.45, 2.75) is 13.3 Å². The molecule has 4 nitrogen and oxygen atoms in total. The van der Waals surface area contributed by atoms with Gasteiger partial charge < -0.3 is 9.72 Å². The van der Waals surface area contributed by atoms with Crippen molar-refractivity contribution in [2.75, 3.05) is 7.11 Å². The number of nitrogens with zero attached hydrogens (tertiary/aromatic N) is 1. The van der Waals surface area contributed by atoms with Gasteiger partial charge in [0, 0.05) is 22.8 Å². The molecule has 2 aromatic heterocycles. The fourth-order valence-electron chi connectivity index (χ4n) is 1.38. The summed E-state index contributed by atoms with van der Waals surface area (Å²) in [7, 11) is 1.39. The van der Waals surface area contributed by atoms with Crippen LogP contribution in [-0.2, 0) is 16.0 Å². The first-order valence-corrected chi connectivity index (χ1v) is 5.68. The van der Waals surface area contributed by atoms with Gasteiger partial charge in [0.25, 0.3) is 0 Å². The molecule has 0 unspecified atom stereocenters. The van der Waals surface area contributed by atoms with Crippen LogP contribution in [0.5, 0.6) is 0 Å². The molecule has 5 heteroatoms. The minimum atomic E-state index is -0.229. The quantitative estimate of drug-likeness (QED) is 0.831. The number of aromatic amines is 1. The number of esters is 1. The monoisotopic (exact) mass is 236 g/mol. The van der Waals surface area contributed by atoms with Crippen molar-refractivity contribution in [1.82, 2.24) is 9.97 Å². The largest absolute Gasteiger partial charge is 0.469 e. The Labute approximate surface area is 97.3 Å². The van der Waals surface area contributed by atoms with Gasteiger partial charge in [-0.05, 0) is 13.0 Å². The topological polar surface area (TPSA) is 55.0 Å². The van der Waals surface area contributed by atoms with Crippen molar-refractivity contribution >= 4 is 17.3 Å². The standard InChI is InChI=1S/C11H12N2O2S/c1-7-9(5-10(14)15-2)16-11(13-7)8-3-4-12-6-8/h3-4,6,12H,5H2,1-2H3. The highest BCUT2D eigenvalue weighted by Gasteiger charge is 2.13. The lowest BCUT2D eigenvalue weighted by Crippen LogP contribution is -2.03. The van der Waals surface area contributed by atoms with E-state index in [4.69, 9.17) is 0 Å². The van der Waals surface area contributed by atoms with E-state index >= 15 is 0 Å². The van der Waals surface area contributed by atoms with Gasteiger partial charge in [0.2, 0.25) is 0 Å². The van der Waals surface area contributed by atoms with Gasteiger partial charge >= 0.3 is 5.97 Å². The van der Waals surface area contributed by atoms with Crippen molar-refractivity contribution in [3.05, 3.63) is 29.0 Å². The SMILES string of the molecule is COC(=O)Cc1sc(-c2cc[nH]c2)nc1C. The first-order chi connectivity index (χ1) is 7.70. The average Bonchev–Trinajstić information content (AvgIpc) is 2.88. The summed E-state index contributed by atoms with van der Waals surface area (Å²) >= 11 is 1.53. The predicted molar refractivity (Wildman–Crippen MR) is 62.4 cm³/mol. The zero-order valence-electron chi connectivity index (χ0n) is 9.11. The number of ether oxygens (including phenoxy) is 1. The minimum absolute atomic E-state index is 0.229. The summed E-state index contributed by atoms with van der Waals surface area (Å²) in [6.07, 6.45) is 4.04. The molecule has 0 amide bonds. The maximum atomic E-state index is 11.2. The predicted octanol–water partition coefficient (Wildman–Crippen LogP) is 2.16. The smallest absolute Gasteiger partial charge is 0.310 e. The molecular weight excluding hydrogens is 224 g/mol. The molecule has 0 aliphatic rings. The maximum absolute atomic E-state index is 11.2. The van der Waals surface area contributed by atoms with Crippen LogP contribution in [0.3, 0.4) is 0 Å². The van der Waals surface area contributed by atoms with E-state index in [0.29, 0.717) is 6.42 Å². The van der Waals surface area contributed by atoms with Gasteiger partial charge in [-0.25, -0.2) is 4.98 Å². The number of hydrogen-bond acceptors (Lipinski definition) is 4. The van der Waals surface area contributed by atoms with Gasteiger partial charge in [-0.15, -0.1) is 11.3 Å². The second-order valence-electron chi connectivity index (χ2n) is 3.38. The molecule has 0 aliphatic carbocycles. The van der Waals surface area contributed by atoms with E-state index in [2.05, 4.69) is 14.7 Å². The van der Waals surface area contributed by atoms with Gasteiger partial charge in [0.05, 0.1) is 19.2 Å². The summed E-state index contributed by atoms with van der Waals surface area (Å²) in [5.41, 5.74) is 1.94. The van der Waals surface area contributed by atoms with E-state index in [9.17, 15) is 4.79 Å². The van der Waals surface area contributed by atoms with Crippen molar-refractivity contribution in [3.8, 4) is 10.6 Å². The molecule has 2 heterocycles. The van der Waals surface area contributed by atoms with Crippen LogP contribution >= 0.6 is 11.3 Å². The number of thiazole rings is 1. The number of carbonyl (C=O) groups excluding carboxylic acids is 1. The fraction of sp³-hybridized carbons (Fsp3) is 0.273. The summed E-state index contributed by atoms with van der Waals surface area (Å²) in [5, 5.41) is 0.928. The molecule has 0 radical (unpaired) electrons. The highest BCUT2D eigenvalue weighted by atomic mass is 32.1. The summed E-state index contributed by atoms with van der Waals surface area (Å²) in [6.45, 7) is 1.91. The Morgan fingerprint density at radius 2 is 2.44 bits per heavy atom. The molecule has 2 rings (SSSR count). The van der Waals surface area contributed by atoms with E-state index in [1.807, 2.05) is 25.4 Å². The minimum Gasteiger partial charge on any atom is -0.469 e. The number of carbonyl (C=O) groups is 1. The summed E-state index contributed by atoms with van der Waals surface area (Å²) in [5.74, 6) is -0.229. The second-order valence-corrected chi connectivity index (χ2v) is 4.46. The molecule has 16 heavy (non-hydrogen) atoms. The molecule has 0 atom stereocenters. The molecule has 0 bridgehead atoms. The molecule has 0 aliphatic heterocycles. The Balaban J connectivity index is 2.25. The zero-order chi connectivity index (χ0) is 11.5. The molecule has 1 N–H and O–H groups in total. The lowest BCUT2D eigenvalue weighted by atomic mass is 10.3. The van der Waals surface area contributed by atoms with Crippen LogP contribution in [0.1, 0.15) is 10.6 Å². The first kappa shape index (κ1) is 10.9. The number of aromatic nitrogens is 2. The number of methoxy groups -OCH3 is 1. The Kier molecular flexibility index (Phi) is 3.05. The van der Waals surface area contributed by atoms with E-state index in [-0.39, 0.29) is 5.97 Å². The fourth-order valence-corrected chi connectivity index (χ4v) is 2.42. The van der Waals surface area contributed by atoms with Crippen molar-refractivity contribution in [2.24, 2.45) is 0 Å². The van der Waals surface area contributed by atoms with Crippen molar-refractivity contribution in [3.63, 3.8) is 0 Å². The van der Waals surface area contributed by atoms with Crippen LogP contribution in [0, 0.1) is 6.92 Å². The van der Waals surface area contributed by atoms with Crippen molar-refractivity contribution in [1.29, 1.82) is 0 Å². The molecule has 0 saturated heterocycles. The highest BCUT2D eigenvalue weighted by molar-refractivity contribution is 7.15. The zero-order valence-corrected chi connectivity index (χ0v) is 9.93. The third-order valence-electron chi connectivity index (χ3n) is 2.27. The summed E-state index contributed by atoms with van der Waals surface area (Å²) in [4.78, 5) is 19.6. The number of rotatable bonds is 3. The average molecular weight is 236 g/mol. The Hall–Kier alpha value is -1.62. The third kappa shape index (κ3) is 2.14. The van der Waals surface area contributed by atoms with E-state index in [0.717, 1.165) is 21.1 Å². The van der Waals surface area contributed by atoms with Gasteiger partial charge in [-0.3, -0.25) is 4.79 Å². The van der Waals surface area contributed by atoms with Crippen LogP contribution < -0.4 is 0 Å². The third-order valence-corrected chi connectivity index (χ3v) is 3.48. The normalized spacial score (nSPS) is 10.4. The van der Waals surface area contributed by atoms with E-state index in [1.165, 1.54) is 18.4 Å². The maximum Gasteiger partial charge on any atom is 0.310 e. The van der Waals surface area contributed by atoms with Gasteiger partial charge in [0.1, 0.15) is 5.01 Å². The van der Waals surface area contributed by atoms with Crippen LogP contribution in [-0.4, -0.2) is 23.0 Å². The molecule has 0 saturated carbocycles. The molecule has 0 spiro atoms. The van der Waals surface area contributed by atoms with Gasteiger partial charge in [-0.1, -0.05) is 0 Å². The summed E-state index contributed by atoms with van der Waals surface area (Å²) in [6, 6.07) is 1.96. The van der Waals surface area contributed by atoms with Crippen molar-refractivity contribution < 1.29 is 9.53 Å². The second kappa shape index (κ2) is 4.49. The van der Waals surface area contributed by atoms with Crippen LogP contribution in [0.25, 0.3) is 10.6 Å². The van der Waals surface area contributed by atoms with Crippen LogP contribution in [0.2, 0.25) is 0 Å². The van der Waals surface area contributed by atoms with Crippen LogP contribution in [0.15, 0.2) is 18.5 Å². The summed E-state index contributed by atoms with van der Waals surface area (Å²) < 4.78 is 4.64. The van der Waals surface area contributed by atoms with E-state index < -0.39 is 0 Å². The molecule has 84 valence electrons. The number of nitrogens with one attached hydrogen (secondary N) is 1. The Morgan fingerprint density at radius 1 is 1.62 bits per heavy atom. The first-order valence-electron chi connectivity index (χ1n) is 4.87. The molecule has 2 aromatic rings. The van der Waals surface area contributed by atoms with Gasteiger partial charge in [-0.2, -0.15) is 0 Å². The van der Waals surface area contributed by atoms with Gasteiger partial charge in [0.15, 0.2) is 0 Å². The van der Waals surface area contributed by atoms with E-state index in [1.54, 1.807) is 0 Å². The highest BCUT2D eigenvalue weighted by Crippen LogP contribution is 2.27. The number of aryl methyl sites for hydroxylation is 1. The Morgan fingerprint density at radius 3 is 3.06 bits per heavy atom. The Bertz CT molecular complexity index is 488.